The molecule has 1 aliphatic rings. The Labute approximate surface area is 127 Å². The molecule has 0 aliphatic carbocycles. The molecule has 116 valence electrons. The molecule has 21 heavy (non-hydrogen) atoms. The Kier molecular flexibility index (Phi) is 6.21. The maximum atomic E-state index is 12.5. The number of carbonyl (C=O) groups is 1. The van der Waals surface area contributed by atoms with Gasteiger partial charge in [0.1, 0.15) is 0 Å². The minimum atomic E-state index is -0.0438. The highest BCUT2D eigenvalue weighted by atomic mass is 16.5. The van der Waals surface area contributed by atoms with E-state index in [1.807, 2.05) is 23.1 Å². The molecule has 4 heteroatoms. The summed E-state index contributed by atoms with van der Waals surface area (Å²) in [6.07, 6.45) is 3.81. The van der Waals surface area contributed by atoms with Gasteiger partial charge in [-0.1, -0.05) is 37.3 Å². The lowest BCUT2D eigenvalue weighted by molar-refractivity contribution is -0.130. The minimum Gasteiger partial charge on any atom is -0.385 e. The van der Waals surface area contributed by atoms with E-state index in [1.54, 1.807) is 7.11 Å². The molecule has 2 unspecified atom stereocenters. The molecule has 0 aromatic heterocycles. The van der Waals surface area contributed by atoms with Crippen LogP contribution < -0.4 is 5.32 Å². The molecule has 1 fully saturated rings. The molecular weight excluding hydrogens is 264 g/mol. The molecular formula is C17H26N2O2. The van der Waals surface area contributed by atoms with Gasteiger partial charge in [0.25, 0.3) is 0 Å². The number of hydrogen-bond donors (Lipinski definition) is 1. The number of ether oxygens (including phenoxy) is 1. The Morgan fingerprint density at radius 3 is 2.71 bits per heavy atom. The molecule has 2 atom stereocenters. The predicted octanol–water partition coefficient (Wildman–Crippen LogP) is 2.19. The average molecular weight is 290 g/mol. The largest absolute Gasteiger partial charge is 0.385 e. The van der Waals surface area contributed by atoms with E-state index >= 15 is 0 Å². The van der Waals surface area contributed by atoms with Crippen LogP contribution >= 0.6 is 0 Å². The van der Waals surface area contributed by atoms with Gasteiger partial charge in [0.05, 0.1) is 12.2 Å². The predicted molar refractivity (Wildman–Crippen MR) is 84.0 cm³/mol. The maximum Gasteiger partial charge on any atom is 0.241 e. The summed E-state index contributed by atoms with van der Waals surface area (Å²) in [5.74, 6) is 0.244. The molecule has 0 bridgehead atoms. The van der Waals surface area contributed by atoms with E-state index in [9.17, 15) is 4.79 Å². The average Bonchev–Trinajstić information content (AvgIpc) is 2.83. The molecule has 1 N–H and O–H groups in total. The minimum absolute atomic E-state index is 0.0438. The number of methoxy groups -OCH3 is 1. The van der Waals surface area contributed by atoms with E-state index in [2.05, 4.69) is 24.4 Å². The fraction of sp³-hybridized carbons (Fsp3) is 0.588. The highest BCUT2D eigenvalue weighted by molar-refractivity contribution is 5.84. The zero-order valence-corrected chi connectivity index (χ0v) is 13.0. The summed E-state index contributed by atoms with van der Waals surface area (Å²) in [7, 11) is 1.70. The van der Waals surface area contributed by atoms with Crippen LogP contribution in [0.4, 0.5) is 0 Å². The summed E-state index contributed by atoms with van der Waals surface area (Å²) >= 11 is 0. The fourth-order valence-electron chi connectivity index (χ4n) is 2.89. The van der Waals surface area contributed by atoms with Crippen LogP contribution in [0.3, 0.4) is 0 Å². The van der Waals surface area contributed by atoms with Gasteiger partial charge in [0.15, 0.2) is 0 Å². The molecule has 1 aromatic rings. The topological polar surface area (TPSA) is 41.6 Å². The van der Waals surface area contributed by atoms with Crippen molar-refractivity contribution in [3.8, 4) is 0 Å². The number of carbonyl (C=O) groups excluding carboxylic acids is 1. The zero-order chi connectivity index (χ0) is 15.1. The van der Waals surface area contributed by atoms with Crippen molar-refractivity contribution >= 4 is 5.91 Å². The summed E-state index contributed by atoms with van der Waals surface area (Å²) in [5.41, 5.74) is 1.29. The van der Waals surface area contributed by atoms with Gasteiger partial charge >= 0.3 is 0 Å². The fourth-order valence-corrected chi connectivity index (χ4v) is 2.89. The van der Waals surface area contributed by atoms with Crippen molar-refractivity contribution in [2.45, 2.75) is 44.8 Å². The monoisotopic (exact) mass is 290 g/mol. The third-order valence-electron chi connectivity index (χ3n) is 4.05. The summed E-state index contributed by atoms with van der Waals surface area (Å²) in [6, 6.07) is 10.3. The number of benzene rings is 1. The van der Waals surface area contributed by atoms with Crippen molar-refractivity contribution in [3.63, 3.8) is 0 Å². The molecule has 1 aromatic carbocycles. The SMILES string of the molecule is CCC1NC(CCc2ccccc2)C(=O)N1CCCOC. The molecule has 4 nitrogen and oxygen atoms in total. The lowest BCUT2D eigenvalue weighted by Crippen LogP contribution is -2.37. The lowest BCUT2D eigenvalue weighted by Gasteiger charge is -2.22. The smallest absolute Gasteiger partial charge is 0.241 e. The summed E-state index contributed by atoms with van der Waals surface area (Å²) in [6.45, 7) is 3.60. The molecule has 1 aliphatic heterocycles. The Bertz CT molecular complexity index is 436. The van der Waals surface area contributed by atoms with E-state index in [1.165, 1.54) is 5.56 Å². The van der Waals surface area contributed by atoms with Gasteiger partial charge < -0.3 is 9.64 Å². The number of hydrogen-bond acceptors (Lipinski definition) is 3. The van der Waals surface area contributed by atoms with Crippen LogP contribution in [0.5, 0.6) is 0 Å². The Morgan fingerprint density at radius 1 is 1.29 bits per heavy atom. The van der Waals surface area contributed by atoms with Crippen molar-refractivity contribution in [1.29, 1.82) is 0 Å². The quantitative estimate of drug-likeness (QED) is 0.746. The second kappa shape index (κ2) is 8.15. The summed E-state index contributed by atoms with van der Waals surface area (Å²) in [5, 5.41) is 3.47. The molecule has 2 rings (SSSR count). The lowest BCUT2D eigenvalue weighted by atomic mass is 10.1. The maximum absolute atomic E-state index is 12.5. The second-order valence-corrected chi connectivity index (χ2v) is 5.55. The van der Waals surface area contributed by atoms with Gasteiger partial charge in [0, 0.05) is 20.3 Å². The molecule has 1 amide bonds. The van der Waals surface area contributed by atoms with Gasteiger partial charge in [-0.2, -0.15) is 0 Å². The first-order valence-electron chi connectivity index (χ1n) is 7.85. The van der Waals surface area contributed by atoms with Crippen LogP contribution in [0.15, 0.2) is 30.3 Å². The van der Waals surface area contributed by atoms with Crippen molar-refractivity contribution < 1.29 is 9.53 Å². The third-order valence-corrected chi connectivity index (χ3v) is 4.05. The summed E-state index contributed by atoms with van der Waals surface area (Å²) < 4.78 is 5.08. The first-order valence-corrected chi connectivity index (χ1v) is 7.85. The second-order valence-electron chi connectivity index (χ2n) is 5.55. The van der Waals surface area contributed by atoms with Crippen LogP contribution in [-0.4, -0.2) is 43.3 Å². The van der Waals surface area contributed by atoms with Crippen LogP contribution in [-0.2, 0) is 16.0 Å². The van der Waals surface area contributed by atoms with Gasteiger partial charge in [-0.25, -0.2) is 0 Å². The van der Waals surface area contributed by atoms with Crippen molar-refractivity contribution in [2.75, 3.05) is 20.3 Å². The zero-order valence-electron chi connectivity index (χ0n) is 13.0. The van der Waals surface area contributed by atoms with E-state index in [-0.39, 0.29) is 18.1 Å². The molecule has 0 spiro atoms. The standard InChI is InChI=1S/C17H26N2O2/c1-3-16-18-15(11-10-14-8-5-4-6-9-14)17(20)19(16)12-7-13-21-2/h4-6,8-9,15-16,18H,3,7,10-13H2,1-2H3. The van der Waals surface area contributed by atoms with Crippen LogP contribution in [0, 0.1) is 0 Å². The molecule has 1 heterocycles. The Hall–Kier alpha value is -1.39. The van der Waals surface area contributed by atoms with E-state index in [0.29, 0.717) is 6.61 Å². The van der Waals surface area contributed by atoms with Crippen LogP contribution in [0.1, 0.15) is 31.7 Å². The number of rotatable bonds is 8. The highest BCUT2D eigenvalue weighted by Crippen LogP contribution is 2.18. The van der Waals surface area contributed by atoms with Gasteiger partial charge in [0.2, 0.25) is 5.91 Å². The van der Waals surface area contributed by atoms with E-state index < -0.39 is 0 Å². The van der Waals surface area contributed by atoms with Gasteiger partial charge in [-0.15, -0.1) is 0 Å². The number of amides is 1. The number of nitrogens with zero attached hydrogens (tertiary/aromatic N) is 1. The first kappa shape index (κ1) is 16.0. The number of nitrogens with one attached hydrogen (secondary N) is 1. The first-order chi connectivity index (χ1) is 10.3. The Balaban J connectivity index is 1.88. The Morgan fingerprint density at radius 2 is 2.05 bits per heavy atom. The van der Waals surface area contributed by atoms with Gasteiger partial charge in [-0.3, -0.25) is 10.1 Å². The van der Waals surface area contributed by atoms with Crippen molar-refractivity contribution in [1.82, 2.24) is 10.2 Å². The normalized spacial score (nSPS) is 22.0. The molecule has 1 saturated heterocycles. The summed E-state index contributed by atoms with van der Waals surface area (Å²) in [4.78, 5) is 14.5. The van der Waals surface area contributed by atoms with Crippen molar-refractivity contribution in [3.05, 3.63) is 35.9 Å². The molecule has 0 saturated carbocycles. The van der Waals surface area contributed by atoms with E-state index in [0.717, 1.165) is 32.2 Å². The van der Waals surface area contributed by atoms with E-state index in [4.69, 9.17) is 4.74 Å². The van der Waals surface area contributed by atoms with Gasteiger partial charge in [-0.05, 0) is 31.2 Å². The third kappa shape index (κ3) is 4.29. The number of aryl methyl sites for hydroxylation is 1. The van der Waals surface area contributed by atoms with Crippen LogP contribution in [0.2, 0.25) is 0 Å². The van der Waals surface area contributed by atoms with Crippen molar-refractivity contribution in [2.24, 2.45) is 0 Å². The van der Waals surface area contributed by atoms with Crippen LogP contribution in [0.25, 0.3) is 0 Å². The molecule has 0 radical (unpaired) electrons. The highest BCUT2D eigenvalue weighted by Gasteiger charge is 2.36.